The van der Waals surface area contributed by atoms with Gasteiger partial charge in [0.25, 0.3) is 5.91 Å². The molecule has 1 aliphatic heterocycles. The van der Waals surface area contributed by atoms with Gasteiger partial charge in [-0.25, -0.2) is 0 Å². The molecule has 1 unspecified atom stereocenters. The lowest BCUT2D eigenvalue weighted by Gasteiger charge is -2.34. The predicted octanol–water partition coefficient (Wildman–Crippen LogP) is 2.27. The first-order valence-electron chi connectivity index (χ1n) is 6.74. The number of thiophene rings is 1. The third-order valence-corrected chi connectivity index (χ3v) is 4.09. The summed E-state index contributed by atoms with van der Waals surface area (Å²) in [7, 11) is 0. The van der Waals surface area contributed by atoms with Gasteiger partial charge in [-0.05, 0) is 44.6 Å². The van der Waals surface area contributed by atoms with Crippen LogP contribution < -0.4 is 5.32 Å². The zero-order valence-electron chi connectivity index (χ0n) is 11.4. The highest BCUT2D eigenvalue weighted by Crippen LogP contribution is 2.21. The fraction of sp³-hybridized carbons (Fsp3) is 0.571. The molecule has 1 atom stereocenters. The van der Waals surface area contributed by atoms with Crippen molar-refractivity contribution in [1.82, 2.24) is 10.2 Å². The summed E-state index contributed by atoms with van der Waals surface area (Å²) in [5.41, 5.74) is 0. The molecule has 2 heterocycles. The molecule has 0 saturated carbocycles. The van der Waals surface area contributed by atoms with E-state index in [-0.39, 0.29) is 23.9 Å². The molecule has 1 saturated heterocycles. The fourth-order valence-corrected chi connectivity index (χ4v) is 3.05. The first-order chi connectivity index (χ1) is 9.09. The highest BCUT2D eigenvalue weighted by atomic mass is 32.1. The second kappa shape index (κ2) is 6.19. The van der Waals surface area contributed by atoms with E-state index in [2.05, 4.69) is 5.32 Å². The number of carbonyl (C=O) groups is 2. The molecule has 1 fully saturated rings. The minimum atomic E-state index is -0.314. The fourth-order valence-electron chi connectivity index (χ4n) is 2.37. The van der Waals surface area contributed by atoms with Gasteiger partial charge in [-0.2, -0.15) is 0 Å². The summed E-state index contributed by atoms with van der Waals surface area (Å²) in [6.45, 7) is 4.55. The van der Waals surface area contributed by atoms with Gasteiger partial charge in [0.15, 0.2) is 0 Å². The molecule has 0 radical (unpaired) electrons. The van der Waals surface area contributed by atoms with Gasteiger partial charge in [0.2, 0.25) is 5.91 Å². The lowest BCUT2D eigenvalue weighted by molar-refractivity contribution is -0.127. The molecule has 0 aliphatic carbocycles. The second-order valence-corrected chi connectivity index (χ2v) is 6.10. The van der Waals surface area contributed by atoms with E-state index in [1.807, 2.05) is 31.4 Å². The topological polar surface area (TPSA) is 49.4 Å². The molecule has 0 aromatic carbocycles. The van der Waals surface area contributed by atoms with E-state index in [9.17, 15) is 9.59 Å². The monoisotopic (exact) mass is 280 g/mol. The molecule has 0 spiro atoms. The molecule has 1 aromatic heterocycles. The maximum absolute atomic E-state index is 12.4. The van der Waals surface area contributed by atoms with Crippen molar-refractivity contribution in [3.8, 4) is 0 Å². The van der Waals surface area contributed by atoms with Gasteiger partial charge < -0.3 is 10.2 Å². The highest BCUT2D eigenvalue weighted by Gasteiger charge is 2.32. The quantitative estimate of drug-likeness (QED) is 0.923. The Bertz CT molecular complexity index is 442. The predicted molar refractivity (Wildman–Crippen MR) is 76.3 cm³/mol. The van der Waals surface area contributed by atoms with Gasteiger partial charge in [0.1, 0.15) is 6.04 Å². The van der Waals surface area contributed by atoms with Crippen molar-refractivity contribution in [1.29, 1.82) is 0 Å². The molecule has 4 nitrogen and oxygen atoms in total. The first-order valence-corrected chi connectivity index (χ1v) is 7.62. The van der Waals surface area contributed by atoms with E-state index in [0.29, 0.717) is 11.4 Å². The Morgan fingerprint density at radius 3 is 2.84 bits per heavy atom. The lowest BCUT2D eigenvalue weighted by Crippen LogP contribution is -2.52. The van der Waals surface area contributed by atoms with Crippen LogP contribution >= 0.6 is 11.3 Å². The smallest absolute Gasteiger partial charge is 0.264 e. The van der Waals surface area contributed by atoms with Crippen LogP contribution in [-0.4, -0.2) is 35.3 Å². The van der Waals surface area contributed by atoms with E-state index in [1.54, 1.807) is 4.90 Å². The van der Waals surface area contributed by atoms with Crippen molar-refractivity contribution < 1.29 is 9.59 Å². The third kappa shape index (κ3) is 3.35. The average Bonchev–Trinajstić information content (AvgIpc) is 2.91. The Hall–Kier alpha value is -1.36. The van der Waals surface area contributed by atoms with Crippen molar-refractivity contribution in [3.05, 3.63) is 22.4 Å². The van der Waals surface area contributed by atoms with Gasteiger partial charge in [0.05, 0.1) is 4.88 Å². The number of carbonyl (C=O) groups excluding carboxylic acids is 2. The van der Waals surface area contributed by atoms with Crippen molar-refractivity contribution in [2.24, 2.45) is 0 Å². The Morgan fingerprint density at radius 1 is 1.42 bits per heavy atom. The minimum absolute atomic E-state index is 0.0152. The van der Waals surface area contributed by atoms with E-state index < -0.39 is 0 Å². The van der Waals surface area contributed by atoms with Gasteiger partial charge in [-0.15, -0.1) is 11.3 Å². The van der Waals surface area contributed by atoms with Gasteiger partial charge in [-0.3, -0.25) is 9.59 Å². The molecule has 1 N–H and O–H groups in total. The maximum Gasteiger partial charge on any atom is 0.264 e. The van der Waals surface area contributed by atoms with Crippen molar-refractivity contribution in [2.75, 3.05) is 6.54 Å². The van der Waals surface area contributed by atoms with E-state index in [4.69, 9.17) is 0 Å². The van der Waals surface area contributed by atoms with Crippen molar-refractivity contribution >= 4 is 23.2 Å². The molecule has 104 valence electrons. The third-order valence-electron chi connectivity index (χ3n) is 3.23. The summed E-state index contributed by atoms with van der Waals surface area (Å²) in [6, 6.07) is 3.48. The normalized spacial score (nSPS) is 19.5. The Morgan fingerprint density at radius 2 is 2.21 bits per heavy atom. The van der Waals surface area contributed by atoms with Crippen LogP contribution in [-0.2, 0) is 4.79 Å². The highest BCUT2D eigenvalue weighted by molar-refractivity contribution is 7.12. The summed E-state index contributed by atoms with van der Waals surface area (Å²) in [5.74, 6) is -0.0433. The maximum atomic E-state index is 12.4. The number of likely N-dealkylation sites (tertiary alicyclic amines) is 1. The SMILES string of the molecule is CC(C)NC(=O)C1CCCCN1C(=O)c1cccs1. The van der Waals surface area contributed by atoms with Crippen LogP contribution in [0.5, 0.6) is 0 Å². The minimum Gasteiger partial charge on any atom is -0.352 e. The van der Waals surface area contributed by atoms with E-state index in [1.165, 1.54) is 11.3 Å². The number of hydrogen-bond donors (Lipinski definition) is 1. The Kier molecular flexibility index (Phi) is 4.58. The zero-order valence-corrected chi connectivity index (χ0v) is 12.2. The van der Waals surface area contributed by atoms with Crippen LogP contribution in [0.3, 0.4) is 0 Å². The van der Waals surface area contributed by atoms with Crippen LogP contribution in [0.15, 0.2) is 17.5 Å². The standard InChI is InChI=1S/C14H20N2O2S/c1-10(2)15-13(17)11-6-3-4-8-16(11)14(18)12-7-5-9-19-12/h5,7,9-11H,3-4,6,8H2,1-2H3,(H,15,17). The molecular weight excluding hydrogens is 260 g/mol. The Balaban J connectivity index is 2.12. The summed E-state index contributed by atoms with van der Waals surface area (Å²) in [4.78, 5) is 27.1. The lowest BCUT2D eigenvalue weighted by atomic mass is 10.0. The zero-order chi connectivity index (χ0) is 13.8. The molecule has 19 heavy (non-hydrogen) atoms. The van der Waals surface area contributed by atoms with Gasteiger partial charge in [-0.1, -0.05) is 6.07 Å². The summed E-state index contributed by atoms with van der Waals surface area (Å²) >= 11 is 1.43. The van der Waals surface area contributed by atoms with Crippen LogP contribution in [0, 0.1) is 0 Å². The number of rotatable bonds is 3. The molecule has 2 amide bonds. The summed E-state index contributed by atoms with van der Waals surface area (Å²) in [5, 5.41) is 4.80. The largest absolute Gasteiger partial charge is 0.352 e. The number of nitrogens with one attached hydrogen (secondary N) is 1. The Labute approximate surface area is 117 Å². The second-order valence-electron chi connectivity index (χ2n) is 5.15. The molecular formula is C14H20N2O2S. The molecule has 1 aliphatic rings. The summed E-state index contributed by atoms with van der Waals surface area (Å²) in [6.07, 6.45) is 2.74. The molecule has 0 bridgehead atoms. The van der Waals surface area contributed by atoms with Crippen LogP contribution in [0.2, 0.25) is 0 Å². The number of piperidine rings is 1. The van der Waals surface area contributed by atoms with Gasteiger partial charge >= 0.3 is 0 Å². The van der Waals surface area contributed by atoms with Crippen LogP contribution in [0.4, 0.5) is 0 Å². The number of nitrogens with zero attached hydrogens (tertiary/aromatic N) is 1. The first kappa shape index (κ1) is 14.1. The van der Waals surface area contributed by atoms with Crippen LogP contribution in [0.1, 0.15) is 42.8 Å². The molecule has 2 rings (SSSR count). The molecule has 5 heteroatoms. The van der Waals surface area contributed by atoms with E-state index in [0.717, 1.165) is 19.3 Å². The number of hydrogen-bond acceptors (Lipinski definition) is 3. The van der Waals surface area contributed by atoms with Gasteiger partial charge in [0, 0.05) is 12.6 Å². The average molecular weight is 280 g/mol. The van der Waals surface area contributed by atoms with Crippen LogP contribution in [0.25, 0.3) is 0 Å². The number of amides is 2. The van der Waals surface area contributed by atoms with Crippen molar-refractivity contribution in [2.45, 2.75) is 45.2 Å². The van der Waals surface area contributed by atoms with E-state index >= 15 is 0 Å². The molecule has 1 aromatic rings. The summed E-state index contributed by atoms with van der Waals surface area (Å²) < 4.78 is 0. The van der Waals surface area contributed by atoms with Crippen molar-refractivity contribution in [3.63, 3.8) is 0 Å².